The highest BCUT2D eigenvalue weighted by Gasteiger charge is 2.11. The predicted molar refractivity (Wildman–Crippen MR) is 113 cm³/mol. The van der Waals surface area contributed by atoms with E-state index in [1.165, 1.54) is 6.07 Å². The molecule has 30 heavy (non-hydrogen) atoms. The van der Waals surface area contributed by atoms with Crippen LogP contribution in [0.5, 0.6) is 11.5 Å². The van der Waals surface area contributed by atoms with Crippen LogP contribution in [0.3, 0.4) is 0 Å². The van der Waals surface area contributed by atoms with Gasteiger partial charge in [0.15, 0.2) is 11.5 Å². The second kappa shape index (κ2) is 9.91. The van der Waals surface area contributed by atoms with E-state index in [0.717, 1.165) is 5.56 Å². The Morgan fingerprint density at radius 2 is 1.73 bits per heavy atom. The van der Waals surface area contributed by atoms with Crippen LogP contribution in [-0.2, 0) is 6.61 Å². The zero-order chi connectivity index (χ0) is 21.3. The van der Waals surface area contributed by atoms with Crippen molar-refractivity contribution in [1.29, 1.82) is 10.5 Å². The van der Waals surface area contributed by atoms with Gasteiger partial charge >= 0.3 is 0 Å². The smallest absolute Gasteiger partial charge is 0.161 e. The Bertz CT molecular complexity index is 1160. The number of ether oxygens (including phenoxy) is 2. The molecule has 3 rings (SSSR count). The first-order chi connectivity index (χ1) is 14.7. The van der Waals surface area contributed by atoms with Gasteiger partial charge in [0.1, 0.15) is 12.4 Å². The SMILES string of the molecule is CCOc1cc(/C=C(/C#N)c2ccccc2F)ccc1OCc1ccccc1C#N. The molecule has 0 atom stereocenters. The van der Waals surface area contributed by atoms with Crippen LogP contribution in [0, 0.1) is 28.5 Å². The summed E-state index contributed by atoms with van der Waals surface area (Å²) in [5.74, 6) is 0.573. The van der Waals surface area contributed by atoms with Crippen molar-refractivity contribution in [3.63, 3.8) is 0 Å². The Hall–Kier alpha value is -4.09. The molecule has 0 spiro atoms. The monoisotopic (exact) mass is 398 g/mol. The highest BCUT2D eigenvalue weighted by Crippen LogP contribution is 2.31. The van der Waals surface area contributed by atoms with Crippen LogP contribution in [0.15, 0.2) is 66.7 Å². The Balaban J connectivity index is 1.89. The summed E-state index contributed by atoms with van der Waals surface area (Å²) in [7, 11) is 0. The molecule has 0 radical (unpaired) electrons. The van der Waals surface area contributed by atoms with E-state index < -0.39 is 5.82 Å². The van der Waals surface area contributed by atoms with Crippen LogP contribution in [0.25, 0.3) is 11.6 Å². The van der Waals surface area contributed by atoms with Gasteiger partial charge in [0.25, 0.3) is 0 Å². The van der Waals surface area contributed by atoms with Crippen LogP contribution in [-0.4, -0.2) is 6.61 Å². The molecule has 0 bridgehead atoms. The third-order valence-electron chi connectivity index (χ3n) is 4.38. The molecule has 5 heteroatoms. The molecular formula is C25H19FN2O2. The molecule has 0 heterocycles. The Kier molecular flexibility index (Phi) is 6.82. The van der Waals surface area contributed by atoms with Crippen LogP contribution >= 0.6 is 0 Å². The van der Waals surface area contributed by atoms with Crippen LogP contribution in [0.2, 0.25) is 0 Å². The molecule has 0 aliphatic rings. The Labute approximate surface area is 175 Å². The fourth-order valence-electron chi connectivity index (χ4n) is 2.93. The summed E-state index contributed by atoms with van der Waals surface area (Å²) >= 11 is 0. The summed E-state index contributed by atoms with van der Waals surface area (Å²) in [5.41, 5.74) is 2.47. The van der Waals surface area contributed by atoms with Gasteiger partial charge < -0.3 is 9.47 Å². The van der Waals surface area contributed by atoms with Gasteiger partial charge in [-0.1, -0.05) is 42.5 Å². The molecule has 0 fully saturated rings. The van der Waals surface area contributed by atoms with Crippen molar-refractivity contribution >= 4 is 11.6 Å². The molecule has 0 saturated heterocycles. The molecule has 0 N–H and O–H groups in total. The van der Waals surface area contributed by atoms with E-state index in [2.05, 4.69) is 12.1 Å². The molecule has 3 aromatic carbocycles. The highest BCUT2D eigenvalue weighted by atomic mass is 19.1. The minimum atomic E-state index is -0.452. The van der Waals surface area contributed by atoms with Crippen molar-refractivity contribution < 1.29 is 13.9 Å². The fraction of sp³-hybridized carbons (Fsp3) is 0.120. The van der Waals surface area contributed by atoms with E-state index in [9.17, 15) is 14.9 Å². The number of nitriles is 2. The van der Waals surface area contributed by atoms with Gasteiger partial charge in [0, 0.05) is 11.1 Å². The van der Waals surface area contributed by atoms with E-state index >= 15 is 0 Å². The normalized spacial score (nSPS) is 10.7. The molecule has 0 aromatic heterocycles. The third-order valence-corrected chi connectivity index (χ3v) is 4.38. The summed E-state index contributed by atoms with van der Waals surface area (Å²) in [5, 5.41) is 18.7. The highest BCUT2D eigenvalue weighted by molar-refractivity contribution is 5.90. The van der Waals surface area contributed by atoms with E-state index in [4.69, 9.17) is 9.47 Å². The van der Waals surface area contributed by atoms with Crippen molar-refractivity contribution in [3.8, 4) is 23.6 Å². The zero-order valence-electron chi connectivity index (χ0n) is 16.4. The first-order valence-corrected chi connectivity index (χ1v) is 9.40. The maximum atomic E-state index is 14.1. The summed E-state index contributed by atoms with van der Waals surface area (Å²) in [6, 6.07) is 22.8. The second-order valence-electron chi connectivity index (χ2n) is 6.35. The van der Waals surface area contributed by atoms with E-state index in [0.29, 0.717) is 29.2 Å². The molecule has 0 unspecified atom stereocenters. The van der Waals surface area contributed by atoms with Crippen LogP contribution in [0.1, 0.15) is 29.2 Å². The average Bonchev–Trinajstić information content (AvgIpc) is 2.78. The van der Waals surface area contributed by atoms with Gasteiger partial charge in [-0.15, -0.1) is 0 Å². The maximum absolute atomic E-state index is 14.1. The maximum Gasteiger partial charge on any atom is 0.161 e. The van der Waals surface area contributed by atoms with Gasteiger partial charge in [-0.05, 0) is 42.8 Å². The minimum Gasteiger partial charge on any atom is -0.490 e. The lowest BCUT2D eigenvalue weighted by atomic mass is 10.0. The lowest BCUT2D eigenvalue weighted by Crippen LogP contribution is -2.01. The number of rotatable bonds is 7. The van der Waals surface area contributed by atoms with Crippen molar-refractivity contribution in [1.82, 2.24) is 0 Å². The molecule has 148 valence electrons. The van der Waals surface area contributed by atoms with Crippen LogP contribution < -0.4 is 9.47 Å². The molecular weight excluding hydrogens is 379 g/mol. The average molecular weight is 398 g/mol. The third kappa shape index (κ3) is 4.84. The molecule has 0 saturated carbocycles. The quantitative estimate of drug-likeness (QED) is 0.376. The Morgan fingerprint density at radius 1 is 0.967 bits per heavy atom. The van der Waals surface area contributed by atoms with Gasteiger partial charge in [-0.3, -0.25) is 0 Å². The first-order valence-electron chi connectivity index (χ1n) is 9.40. The first kappa shape index (κ1) is 20.6. The largest absolute Gasteiger partial charge is 0.490 e. The molecule has 0 aliphatic heterocycles. The molecule has 0 aliphatic carbocycles. The number of hydrogen-bond acceptors (Lipinski definition) is 4. The van der Waals surface area contributed by atoms with Crippen molar-refractivity contribution in [2.45, 2.75) is 13.5 Å². The van der Waals surface area contributed by atoms with Crippen molar-refractivity contribution in [2.75, 3.05) is 6.61 Å². The number of halogens is 1. The Morgan fingerprint density at radius 3 is 2.47 bits per heavy atom. The standard InChI is InChI=1S/C25H19FN2O2/c1-2-29-25-14-18(13-21(16-28)22-9-5-6-10-23(22)26)11-12-24(25)30-17-20-8-4-3-7-19(20)15-27/h3-14H,2,17H2,1H3/b21-13-. The lowest BCUT2D eigenvalue weighted by molar-refractivity contribution is 0.269. The number of hydrogen-bond donors (Lipinski definition) is 0. The van der Waals surface area contributed by atoms with E-state index in [-0.39, 0.29) is 17.7 Å². The summed E-state index contributed by atoms with van der Waals surface area (Å²) in [6.45, 7) is 2.51. The molecule has 0 amide bonds. The summed E-state index contributed by atoms with van der Waals surface area (Å²) in [6.07, 6.45) is 1.61. The topological polar surface area (TPSA) is 66.0 Å². The number of allylic oxidation sites excluding steroid dienone is 1. The second-order valence-corrected chi connectivity index (χ2v) is 6.35. The van der Waals surface area contributed by atoms with Gasteiger partial charge in [-0.2, -0.15) is 10.5 Å². The van der Waals surface area contributed by atoms with Gasteiger partial charge in [-0.25, -0.2) is 4.39 Å². The summed E-state index contributed by atoms with van der Waals surface area (Å²) < 4.78 is 25.6. The van der Waals surface area contributed by atoms with Gasteiger partial charge in [0.05, 0.1) is 29.9 Å². The molecule has 4 nitrogen and oxygen atoms in total. The summed E-state index contributed by atoms with van der Waals surface area (Å²) in [4.78, 5) is 0. The number of nitrogens with zero attached hydrogens (tertiary/aromatic N) is 2. The van der Waals surface area contributed by atoms with Crippen molar-refractivity contribution in [3.05, 3.63) is 94.8 Å². The van der Waals surface area contributed by atoms with Crippen LogP contribution in [0.4, 0.5) is 4.39 Å². The number of benzene rings is 3. The fourth-order valence-corrected chi connectivity index (χ4v) is 2.93. The van der Waals surface area contributed by atoms with E-state index in [1.54, 1.807) is 54.6 Å². The minimum absolute atomic E-state index is 0.215. The van der Waals surface area contributed by atoms with Crippen molar-refractivity contribution in [2.24, 2.45) is 0 Å². The zero-order valence-corrected chi connectivity index (χ0v) is 16.4. The molecule has 3 aromatic rings. The van der Waals surface area contributed by atoms with Gasteiger partial charge in [0.2, 0.25) is 0 Å². The van der Waals surface area contributed by atoms with E-state index in [1.807, 2.05) is 19.1 Å². The lowest BCUT2D eigenvalue weighted by Gasteiger charge is -2.13. The predicted octanol–water partition coefficient (Wildman–Crippen LogP) is 5.74.